The lowest BCUT2D eigenvalue weighted by Gasteiger charge is -2.36. The zero-order chi connectivity index (χ0) is 14.2. The number of hydrogen-bond acceptors (Lipinski definition) is 3. The Balaban J connectivity index is 2.46. The molecule has 1 atom stereocenters. The quantitative estimate of drug-likeness (QED) is 0.847. The number of benzene rings is 1. The summed E-state index contributed by atoms with van der Waals surface area (Å²) in [5.74, 6) is 0.758. The molecule has 0 saturated carbocycles. The van der Waals surface area contributed by atoms with Crippen LogP contribution in [0.25, 0.3) is 0 Å². The number of nitrogens with zero attached hydrogens (tertiary/aromatic N) is 1. The van der Waals surface area contributed by atoms with E-state index in [1.54, 1.807) is 12.0 Å². The monoisotopic (exact) mass is 263 g/mol. The van der Waals surface area contributed by atoms with Gasteiger partial charge in [-0.1, -0.05) is 26.8 Å². The highest BCUT2D eigenvalue weighted by Gasteiger charge is 2.33. The van der Waals surface area contributed by atoms with Crippen LogP contribution in [0.2, 0.25) is 0 Å². The van der Waals surface area contributed by atoms with Gasteiger partial charge in [0, 0.05) is 23.6 Å². The van der Waals surface area contributed by atoms with Gasteiger partial charge in [-0.15, -0.1) is 0 Å². The average Bonchev–Trinajstić information content (AvgIpc) is 2.37. The lowest BCUT2D eigenvalue weighted by Crippen LogP contribution is -2.43. The molecule has 0 aliphatic carbocycles. The van der Waals surface area contributed by atoms with Crippen molar-refractivity contribution in [3.8, 4) is 5.75 Å². The molecular weight excluding hydrogens is 242 g/mol. The second-order valence-corrected chi connectivity index (χ2v) is 5.94. The molecule has 0 bridgehead atoms. The van der Waals surface area contributed by atoms with Crippen molar-refractivity contribution in [2.45, 2.75) is 33.3 Å². The van der Waals surface area contributed by atoms with Crippen molar-refractivity contribution in [3.63, 3.8) is 0 Å². The second-order valence-electron chi connectivity index (χ2n) is 5.94. The van der Waals surface area contributed by atoms with Gasteiger partial charge in [0.25, 0.3) is 0 Å². The number of aliphatic hydroxyl groups is 1. The van der Waals surface area contributed by atoms with Gasteiger partial charge < -0.3 is 14.7 Å². The predicted molar refractivity (Wildman–Crippen MR) is 74.4 cm³/mol. The maximum atomic E-state index is 12.5. The van der Waals surface area contributed by atoms with E-state index in [4.69, 9.17) is 4.74 Å². The van der Waals surface area contributed by atoms with Gasteiger partial charge in [-0.3, -0.25) is 4.79 Å². The van der Waals surface area contributed by atoms with Gasteiger partial charge in [-0.05, 0) is 12.5 Å². The van der Waals surface area contributed by atoms with E-state index >= 15 is 0 Å². The Labute approximate surface area is 114 Å². The molecule has 104 valence electrons. The summed E-state index contributed by atoms with van der Waals surface area (Å²) in [6, 6.07) is 5.47. The second kappa shape index (κ2) is 4.85. The molecular formula is C15H21NO3. The van der Waals surface area contributed by atoms with E-state index in [1.807, 2.05) is 39.0 Å². The highest BCUT2D eigenvalue weighted by Crippen LogP contribution is 2.38. The molecule has 1 heterocycles. The molecule has 4 nitrogen and oxygen atoms in total. The maximum absolute atomic E-state index is 12.5. The molecule has 1 aliphatic rings. The van der Waals surface area contributed by atoms with E-state index in [0.717, 1.165) is 11.3 Å². The van der Waals surface area contributed by atoms with Crippen molar-refractivity contribution in [3.05, 3.63) is 23.8 Å². The summed E-state index contributed by atoms with van der Waals surface area (Å²) in [6.45, 7) is 6.25. The molecule has 1 aromatic carbocycles. The maximum Gasteiger partial charge on any atom is 0.232 e. The van der Waals surface area contributed by atoms with Crippen LogP contribution in [0.5, 0.6) is 5.75 Å². The molecule has 4 heteroatoms. The van der Waals surface area contributed by atoms with Crippen molar-refractivity contribution in [2.24, 2.45) is 5.41 Å². The summed E-state index contributed by atoms with van der Waals surface area (Å²) >= 11 is 0. The van der Waals surface area contributed by atoms with Crippen molar-refractivity contribution in [1.29, 1.82) is 0 Å². The number of methoxy groups -OCH3 is 1. The van der Waals surface area contributed by atoms with Gasteiger partial charge in [0.1, 0.15) is 5.75 Å². The molecule has 1 aromatic rings. The van der Waals surface area contributed by atoms with Crippen molar-refractivity contribution in [2.75, 3.05) is 18.6 Å². The summed E-state index contributed by atoms with van der Waals surface area (Å²) in [6.07, 6.45) is 0.0613. The van der Waals surface area contributed by atoms with E-state index in [0.29, 0.717) is 18.7 Å². The standard InChI is InChI=1S/C15H21NO3/c1-15(2,3)14(18)16-8-7-13(17)11-6-5-10(19-4)9-12(11)16/h5-6,9,13,17H,7-8H2,1-4H3. The third-order valence-corrected chi connectivity index (χ3v) is 3.40. The fourth-order valence-electron chi connectivity index (χ4n) is 2.31. The Kier molecular flexibility index (Phi) is 3.54. The van der Waals surface area contributed by atoms with Gasteiger partial charge in [-0.2, -0.15) is 0 Å². The average molecular weight is 263 g/mol. The molecule has 1 aliphatic heterocycles. The van der Waals surface area contributed by atoms with Gasteiger partial charge in [0.2, 0.25) is 5.91 Å². The van der Waals surface area contributed by atoms with E-state index in [9.17, 15) is 9.90 Å². The minimum absolute atomic E-state index is 0.0638. The molecule has 2 rings (SSSR count). The van der Waals surface area contributed by atoms with Crippen LogP contribution in [0.1, 0.15) is 38.9 Å². The topological polar surface area (TPSA) is 49.8 Å². The van der Waals surface area contributed by atoms with Crippen LogP contribution in [0, 0.1) is 5.41 Å². The molecule has 0 fully saturated rings. The van der Waals surface area contributed by atoms with Crippen LogP contribution in [0.3, 0.4) is 0 Å². The van der Waals surface area contributed by atoms with E-state index < -0.39 is 11.5 Å². The highest BCUT2D eigenvalue weighted by molar-refractivity contribution is 5.98. The molecule has 0 saturated heterocycles. The minimum Gasteiger partial charge on any atom is -0.497 e. The fourth-order valence-corrected chi connectivity index (χ4v) is 2.31. The fraction of sp³-hybridized carbons (Fsp3) is 0.533. The zero-order valence-corrected chi connectivity index (χ0v) is 11.9. The van der Waals surface area contributed by atoms with Crippen molar-refractivity contribution in [1.82, 2.24) is 0 Å². The predicted octanol–water partition coefficient (Wildman–Crippen LogP) is 2.51. The van der Waals surface area contributed by atoms with Gasteiger partial charge in [0.05, 0.1) is 18.9 Å². The number of hydrogen-bond donors (Lipinski definition) is 1. The molecule has 0 radical (unpaired) electrons. The molecule has 1 unspecified atom stereocenters. The third-order valence-electron chi connectivity index (χ3n) is 3.40. The molecule has 0 aromatic heterocycles. The minimum atomic E-state index is -0.509. The Morgan fingerprint density at radius 2 is 2.11 bits per heavy atom. The van der Waals surface area contributed by atoms with Crippen LogP contribution < -0.4 is 9.64 Å². The number of ether oxygens (including phenoxy) is 1. The Morgan fingerprint density at radius 3 is 2.68 bits per heavy atom. The summed E-state index contributed by atoms with van der Waals surface area (Å²) < 4.78 is 5.21. The Hall–Kier alpha value is -1.55. The van der Waals surface area contributed by atoms with Crippen molar-refractivity contribution >= 4 is 11.6 Å². The van der Waals surface area contributed by atoms with Gasteiger partial charge in [0.15, 0.2) is 0 Å². The van der Waals surface area contributed by atoms with E-state index in [2.05, 4.69) is 0 Å². The van der Waals surface area contributed by atoms with Gasteiger partial charge >= 0.3 is 0 Å². The smallest absolute Gasteiger partial charge is 0.232 e. The first-order valence-corrected chi connectivity index (χ1v) is 6.52. The number of carbonyl (C=O) groups is 1. The van der Waals surface area contributed by atoms with E-state index in [-0.39, 0.29) is 5.91 Å². The number of amides is 1. The van der Waals surface area contributed by atoms with E-state index in [1.165, 1.54) is 0 Å². The summed E-state index contributed by atoms with van der Waals surface area (Å²) in [5, 5.41) is 10.0. The van der Waals surface area contributed by atoms with Crippen molar-refractivity contribution < 1.29 is 14.6 Å². The lowest BCUT2D eigenvalue weighted by atomic mass is 9.91. The first-order valence-electron chi connectivity index (χ1n) is 6.52. The highest BCUT2D eigenvalue weighted by atomic mass is 16.5. The lowest BCUT2D eigenvalue weighted by molar-refractivity contribution is -0.126. The number of rotatable bonds is 1. The van der Waals surface area contributed by atoms with Crippen LogP contribution in [-0.4, -0.2) is 24.7 Å². The molecule has 1 N–H and O–H groups in total. The molecule has 0 spiro atoms. The summed E-state index contributed by atoms with van der Waals surface area (Å²) in [5.41, 5.74) is 1.12. The normalized spacial score (nSPS) is 19.0. The first kappa shape index (κ1) is 13.9. The number of anilines is 1. The van der Waals surface area contributed by atoms with Crippen LogP contribution >= 0.6 is 0 Å². The number of fused-ring (bicyclic) bond motifs is 1. The molecule has 1 amide bonds. The molecule has 19 heavy (non-hydrogen) atoms. The van der Waals surface area contributed by atoms with Gasteiger partial charge in [-0.25, -0.2) is 0 Å². The Bertz CT molecular complexity index is 491. The van der Waals surface area contributed by atoms with Crippen LogP contribution in [0.15, 0.2) is 18.2 Å². The Morgan fingerprint density at radius 1 is 1.42 bits per heavy atom. The third kappa shape index (κ3) is 2.59. The summed E-state index contributed by atoms with van der Waals surface area (Å²) in [7, 11) is 1.59. The number of aliphatic hydroxyl groups excluding tert-OH is 1. The van der Waals surface area contributed by atoms with Crippen LogP contribution in [0.4, 0.5) is 5.69 Å². The number of carbonyl (C=O) groups excluding carboxylic acids is 1. The largest absolute Gasteiger partial charge is 0.497 e. The zero-order valence-electron chi connectivity index (χ0n) is 11.9. The SMILES string of the molecule is COc1ccc2c(c1)N(C(=O)C(C)(C)C)CCC2O. The van der Waals surface area contributed by atoms with Crippen LogP contribution in [-0.2, 0) is 4.79 Å². The summed E-state index contributed by atoms with van der Waals surface area (Å²) in [4.78, 5) is 14.2. The first-order chi connectivity index (χ1) is 8.84.